The smallest absolute Gasteiger partial charge is 0.304 e. The Balaban J connectivity index is 2.48. The summed E-state index contributed by atoms with van der Waals surface area (Å²) in [6.45, 7) is 0.496. The van der Waals surface area contributed by atoms with Crippen molar-refractivity contribution < 1.29 is 14.3 Å². The molecule has 0 unspecified atom stereocenters. The van der Waals surface area contributed by atoms with E-state index in [9.17, 15) is 14.3 Å². The van der Waals surface area contributed by atoms with Gasteiger partial charge < -0.3 is 10.4 Å². The fourth-order valence-electron chi connectivity index (χ4n) is 2.53. The number of carboxylic acid groups (broad SMARTS) is 1. The number of benzene rings is 2. The molecule has 4 heteroatoms. The minimum Gasteiger partial charge on any atom is -0.481 e. The van der Waals surface area contributed by atoms with Gasteiger partial charge in [-0.1, -0.05) is 36.4 Å². The maximum Gasteiger partial charge on any atom is 0.304 e. The van der Waals surface area contributed by atoms with Crippen molar-refractivity contribution in [3.8, 4) is 0 Å². The first kappa shape index (κ1) is 15.2. The van der Waals surface area contributed by atoms with E-state index in [-0.39, 0.29) is 18.2 Å². The molecule has 2 N–H and O–H groups in total. The average Bonchev–Trinajstić information content (AvgIpc) is 2.46. The first-order valence-electron chi connectivity index (χ1n) is 6.81. The van der Waals surface area contributed by atoms with Gasteiger partial charge in [-0.2, -0.15) is 0 Å². The van der Waals surface area contributed by atoms with Crippen LogP contribution in [0.1, 0.15) is 29.0 Å². The minimum absolute atomic E-state index is 0.0215. The molecule has 0 amide bonds. The molecule has 0 saturated carbocycles. The van der Waals surface area contributed by atoms with Gasteiger partial charge in [0.05, 0.1) is 6.42 Å². The Kier molecular flexibility index (Phi) is 5.06. The molecule has 2 rings (SSSR count). The summed E-state index contributed by atoms with van der Waals surface area (Å²) in [6.07, 6.45) is -0.0215. The van der Waals surface area contributed by atoms with Crippen molar-refractivity contribution in [1.82, 2.24) is 5.32 Å². The molecular formula is C17H18FNO2. The second-order valence-corrected chi connectivity index (χ2v) is 4.93. The molecule has 110 valence electrons. The van der Waals surface area contributed by atoms with Crippen LogP contribution in [0.25, 0.3) is 0 Å². The fraction of sp³-hybridized carbons (Fsp3) is 0.235. The van der Waals surface area contributed by atoms with Crippen molar-refractivity contribution in [2.45, 2.75) is 18.9 Å². The summed E-state index contributed by atoms with van der Waals surface area (Å²) in [4.78, 5) is 11.2. The third-order valence-corrected chi connectivity index (χ3v) is 3.43. The van der Waals surface area contributed by atoms with Gasteiger partial charge in [0.15, 0.2) is 0 Å². The summed E-state index contributed by atoms with van der Waals surface area (Å²) in [6, 6.07) is 14.0. The molecule has 0 aromatic heterocycles. The lowest BCUT2D eigenvalue weighted by molar-refractivity contribution is -0.137. The Morgan fingerprint density at radius 3 is 2.57 bits per heavy atom. The summed E-state index contributed by atoms with van der Waals surface area (Å²) in [5.41, 5.74) is 2.55. The van der Waals surface area contributed by atoms with Crippen molar-refractivity contribution in [3.05, 3.63) is 71.0 Å². The zero-order valence-electron chi connectivity index (χ0n) is 11.8. The second-order valence-electron chi connectivity index (χ2n) is 4.93. The zero-order valence-corrected chi connectivity index (χ0v) is 11.8. The van der Waals surface area contributed by atoms with Crippen LogP contribution in [0.2, 0.25) is 0 Å². The van der Waals surface area contributed by atoms with Crippen LogP contribution < -0.4 is 5.32 Å². The van der Waals surface area contributed by atoms with E-state index < -0.39 is 5.97 Å². The highest BCUT2D eigenvalue weighted by molar-refractivity contribution is 5.69. The van der Waals surface area contributed by atoms with Crippen molar-refractivity contribution in [3.63, 3.8) is 0 Å². The number of hydrogen-bond acceptors (Lipinski definition) is 2. The van der Waals surface area contributed by atoms with Crippen LogP contribution in [-0.2, 0) is 11.3 Å². The molecule has 21 heavy (non-hydrogen) atoms. The molecule has 0 spiro atoms. The van der Waals surface area contributed by atoms with Crippen LogP contribution in [0.5, 0.6) is 0 Å². The second kappa shape index (κ2) is 6.99. The van der Waals surface area contributed by atoms with Gasteiger partial charge in [-0.15, -0.1) is 0 Å². The van der Waals surface area contributed by atoms with E-state index in [1.807, 2.05) is 30.3 Å². The molecule has 0 radical (unpaired) electrons. The SMILES string of the molecule is CNCc1cc(F)ccc1[C@@H](CC(=O)O)c1ccccc1. The Labute approximate surface area is 123 Å². The molecule has 0 aliphatic carbocycles. The first-order chi connectivity index (χ1) is 10.1. The molecule has 0 saturated heterocycles. The molecule has 3 nitrogen and oxygen atoms in total. The lowest BCUT2D eigenvalue weighted by atomic mass is 9.85. The molecule has 0 fully saturated rings. The van der Waals surface area contributed by atoms with Gasteiger partial charge >= 0.3 is 5.97 Å². The highest BCUT2D eigenvalue weighted by atomic mass is 19.1. The molecule has 1 atom stereocenters. The standard InChI is InChI=1S/C17H18FNO2/c1-19-11-13-9-14(18)7-8-15(13)16(10-17(20)21)12-5-3-2-4-6-12/h2-9,16,19H,10-11H2,1H3,(H,20,21)/t16-/m0/s1. The maximum atomic E-state index is 13.5. The lowest BCUT2D eigenvalue weighted by Gasteiger charge is -2.20. The van der Waals surface area contributed by atoms with Crippen molar-refractivity contribution in [2.75, 3.05) is 7.05 Å². The van der Waals surface area contributed by atoms with Crippen LogP contribution in [-0.4, -0.2) is 18.1 Å². The number of rotatable bonds is 6. The summed E-state index contributed by atoms with van der Waals surface area (Å²) in [5.74, 6) is -1.47. The molecule has 0 aliphatic heterocycles. The third kappa shape index (κ3) is 3.89. The number of carbonyl (C=O) groups is 1. The Bertz CT molecular complexity index is 613. The molecular weight excluding hydrogens is 269 g/mol. The highest BCUT2D eigenvalue weighted by Crippen LogP contribution is 2.31. The van der Waals surface area contributed by atoms with E-state index in [2.05, 4.69) is 5.32 Å². The zero-order chi connectivity index (χ0) is 15.2. The number of hydrogen-bond donors (Lipinski definition) is 2. The van der Waals surface area contributed by atoms with Gasteiger partial charge in [-0.05, 0) is 35.9 Å². The van der Waals surface area contributed by atoms with Crippen LogP contribution in [0, 0.1) is 5.82 Å². The predicted molar refractivity (Wildman–Crippen MR) is 79.7 cm³/mol. The monoisotopic (exact) mass is 287 g/mol. The van der Waals surface area contributed by atoms with Gasteiger partial charge in [0.25, 0.3) is 0 Å². The Hall–Kier alpha value is -2.20. The predicted octanol–water partition coefficient (Wildman–Crippen LogP) is 3.15. The van der Waals surface area contributed by atoms with Gasteiger partial charge in [0, 0.05) is 12.5 Å². The van der Waals surface area contributed by atoms with Crippen molar-refractivity contribution >= 4 is 5.97 Å². The summed E-state index contributed by atoms with van der Waals surface area (Å²) in [5, 5.41) is 12.2. The minimum atomic E-state index is -0.872. The van der Waals surface area contributed by atoms with Crippen molar-refractivity contribution in [2.24, 2.45) is 0 Å². The van der Waals surface area contributed by atoms with Gasteiger partial charge in [0.2, 0.25) is 0 Å². The van der Waals surface area contributed by atoms with Gasteiger partial charge in [-0.25, -0.2) is 4.39 Å². The van der Waals surface area contributed by atoms with E-state index >= 15 is 0 Å². The van der Waals surface area contributed by atoms with Crippen LogP contribution >= 0.6 is 0 Å². The van der Waals surface area contributed by atoms with E-state index in [1.54, 1.807) is 13.1 Å². The lowest BCUT2D eigenvalue weighted by Crippen LogP contribution is -2.14. The number of halogens is 1. The van der Waals surface area contributed by atoms with Crippen LogP contribution in [0.3, 0.4) is 0 Å². The number of nitrogens with one attached hydrogen (secondary N) is 1. The topological polar surface area (TPSA) is 49.3 Å². The highest BCUT2D eigenvalue weighted by Gasteiger charge is 2.20. The van der Waals surface area contributed by atoms with E-state index in [4.69, 9.17) is 0 Å². The molecule has 0 bridgehead atoms. The quantitative estimate of drug-likeness (QED) is 0.858. The number of aliphatic carboxylic acids is 1. The molecule has 2 aromatic rings. The third-order valence-electron chi connectivity index (χ3n) is 3.43. The molecule has 0 aliphatic rings. The van der Waals surface area contributed by atoms with E-state index in [0.717, 1.165) is 16.7 Å². The molecule has 0 heterocycles. The van der Waals surface area contributed by atoms with Gasteiger partial charge in [0.1, 0.15) is 5.82 Å². The largest absolute Gasteiger partial charge is 0.481 e. The normalized spacial score (nSPS) is 12.1. The van der Waals surface area contributed by atoms with Crippen LogP contribution in [0.15, 0.2) is 48.5 Å². The molecule has 2 aromatic carbocycles. The van der Waals surface area contributed by atoms with Crippen LogP contribution in [0.4, 0.5) is 4.39 Å². The Morgan fingerprint density at radius 1 is 1.24 bits per heavy atom. The Morgan fingerprint density at radius 2 is 1.95 bits per heavy atom. The summed E-state index contributed by atoms with van der Waals surface area (Å²) in [7, 11) is 1.78. The summed E-state index contributed by atoms with van der Waals surface area (Å²) >= 11 is 0. The maximum absolute atomic E-state index is 13.5. The van der Waals surface area contributed by atoms with E-state index in [1.165, 1.54) is 12.1 Å². The van der Waals surface area contributed by atoms with Gasteiger partial charge in [-0.3, -0.25) is 4.79 Å². The van der Waals surface area contributed by atoms with E-state index in [0.29, 0.717) is 6.54 Å². The fourth-order valence-corrected chi connectivity index (χ4v) is 2.53. The summed E-state index contributed by atoms with van der Waals surface area (Å²) < 4.78 is 13.5. The first-order valence-corrected chi connectivity index (χ1v) is 6.81. The van der Waals surface area contributed by atoms with Crippen molar-refractivity contribution in [1.29, 1.82) is 0 Å². The number of carboxylic acids is 1. The average molecular weight is 287 g/mol.